The Hall–Kier alpha value is -6.39. The molecule has 48 heavy (non-hydrogen) atoms. The maximum atomic E-state index is 13.9. The zero-order valence-electron chi connectivity index (χ0n) is 25.9. The van der Waals surface area contributed by atoms with Gasteiger partial charge in [0.1, 0.15) is 16.9 Å². The van der Waals surface area contributed by atoms with E-state index in [9.17, 15) is 4.39 Å². The molecule has 7 aromatic carbocycles. The van der Waals surface area contributed by atoms with Crippen molar-refractivity contribution in [2.24, 2.45) is 0 Å². The van der Waals surface area contributed by atoms with Crippen LogP contribution in [0, 0.1) is 5.82 Å². The summed E-state index contributed by atoms with van der Waals surface area (Å²) in [4.78, 5) is 2.15. The molecule has 0 saturated heterocycles. The molecule has 9 aromatic rings. The Balaban J connectivity index is 1.07. The van der Waals surface area contributed by atoms with Crippen molar-refractivity contribution in [3.05, 3.63) is 182 Å². The molecule has 0 unspecified atom stereocenters. The van der Waals surface area contributed by atoms with Crippen LogP contribution in [0.5, 0.6) is 0 Å². The van der Waals surface area contributed by atoms with Crippen LogP contribution in [0.25, 0.3) is 60.9 Å². The summed E-state index contributed by atoms with van der Waals surface area (Å²) in [5.41, 5.74) is 12.5. The quantitative estimate of drug-likeness (QED) is 0.184. The number of furan rings is 1. The molecule has 0 aliphatic carbocycles. The van der Waals surface area contributed by atoms with Gasteiger partial charge in [0.25, 0.3) is 0 Å². The molecule has 0 aliphatic rings. The van der Waals surface area contributed by atoms with Crippen LogP contribution in [-0.2, 0) is 0 Å². The zero-order valence-corrected chi connectivity index (χ0v) is 25.9. The predicted molar refractivity (Wildman–Crippen MR) is 196 cm³/mol. The van der Waals surface area contributed by atoms with Gasteiger partial charge in [0, 0.05) is 33.5 Å². The summed E-state index contributed by atoms with van der Waals surface area (Å²) in [5, 5.41) is 2.20. The third-order valence-corrected chi connectivity index (χ3v) is 9.08. The lowest BCUT2D eigenvalue weighted by Crippen LogP contribution is -2.09. The third kappa shape index (κ3) is 4.74. The summed E-state index contributed by atoms with van der Waals surface area (Å²) >= 11 is 0. The standard InChI is InChI=1S/C44H29FN2O/c45-34-20-28-37(29-21-34)46(35-22-14-31(15-23-35)30-8-2-1-3-9-30)36-24-16-32(17-25-36)33-18-26-38(27-19-33)47-41-12-6-4-10-39(41)44-43(47)40-11-5-7-13-42(40)48-44/h1-29H. The van der Waals surface area contributed by atoms with E-state index in [1.807, 2.05) is 42.5 Å². The van der Waals surface area contributed by atoms with Gasteiger partial charge in [0.05, 0.1) is 5.52 Å². The number of hydrogen-bond donors (Lipinski definition) is 0. The lowest BCUT2D eigenvalue weighted by molar-refractivity contribution is 0.628. The molecule has 9 rings (SSSR count). The Labute approximate surface area is 277 Å². The van der Waals surface area contributed by atoms with Crippen LogP contribution in [0.4, 0.5) is 21.5 Å². The fraction of sp³-hybridized carbons (Fsp3) is 0. The van der Waals surface area contributed by atoms with Crippen molar-refractivity contribution in [3.63, 3.8) is 0 Å². The van der Waals surface area contributed by atoms with Gasteiger partial charge in [0.15, 0.2) is 5.58 Å². The van der Waals surface area contributed by atoms with Gasteiger partial charge in [-0.1, -0.05) is 91.0 Å². The number of para-hydroxylation sites is 2. The molecule has 0 bridgehead atoms. The summed E-state index contributed by atoms with van der Waals surface area (Å²) in [6.45, 7) is 0. The minimum atomic E-state index is -0.258. The summed E-state index contributed by atoms with van der Waals surface area (Å²) in [6, 6.07) is 59.3. The number of halogens is 1. The number of fused-ring (bicyclic) bond motifs is 5. The molecule has 3 nitrogen and oxygen atoms in total. The second-order valence-corrected chi connectivity index (χ2v) is 11.9. The molecule has 228 valence electrons. The van der Waals surface area contributed by atoms with Gasteiger partial charge in [-0.3, -0.25) is 0 Å². The highest BCUT2D eigenvalue weighted by Crippen LogP contribution is 2.40. The van der Waals surface area contributed by atoms with Gasteiger partial charge in [-0.15, -0.1) is 0 Å². The topological polar surface area (TPSA) is 21.3 Å². The Morgan fingerprint density at radius 1 is 0.438 bits per heavy atom. The average Bonchev–Trinajstić information content (AvgIpc) is 3.68. The number of nitrogens with zero attached hydrogens (tertiary/aromatic N) is 2. The van der Waals surface area contributed by atoms with E-state index in [2.05, 4.69) is 131 Å². The number of hydrogen-bond acceptors (Lipinski definition) is 2. The van der Waals surface area contributed by atoms with Crippen molar-refractivity contribution < 1.29 is 8.81 Å². The first kappa shape index (κ1) is 27.9. The van der Waals surface area contributed by atoms with Gasteiger partial charge < -0.3 is 13.9 Å². The van der Waals surface area contributed by atoms with Crippen LogP contribution in [-0.4, -0.2) is 4.57 Å². The minimum Gasteiger partial charge on any atom is -0.454 e. The minimum absolute atomic E-state index is 0.258. The molecule has 0 radical (unpaired) electrons. The van der Waals surface area contributed by atoms with Gasteiger partial charge in [-0.2, -0.15) is 0 Å². The smallest absolute Gasteiger partial charge is 0.161 e. The second-order valence-electron chi connectivity index (χ2n) is 11.9. The highest BCUT2D eigenvalue weighted by atomic mass is 19.1. The van der Waals surface area contributed by atoms with Gasteiger partial charge in [0.2, 0.25) is 0 Å². The first-order chi connectivity index (χ1) is 23.7. The molecule has 2 aromatic heterocycles. The number of aromatic nitrogens is 1. The summed E-state index contributed by atoms with van der Waals surface area (Å²) in [6.07, 6.45) is 0. The molecule has 0 amide bonds. The monoisotopic (exact) mass is 620 g/mol. The first-order valence-electron chi connectivity index (χ1n) is 16.0. The fourth-order valence-corrected chi connectivity index (χ4v) is 6.76. The molecule has 0 N–H and O–H groups in total. The summed E-state index contributed by atoms with van der Waals surface area (Å²) in [5.74, 6) is -0.258. The van der Waals surface area contributed by atoms with Gasteiger partial charge >= 0.3 is 0 Å². The molecule has 0 atom stereocenters. The highest BCUT2D eigenvalue weighted by Gasteiger charge is 2.19. The highest BCUT2D eigenvalue weighted by molar-refractivity contribution is 6.16. The van der Waals surface area contributed by atoms with Crippen LogP contribution in [0.3, 0.4) is 0 Å². The number of rotatable bonds is 6. The normalized spacial score (nSPS) is 11.4. The Morgan fingerprint density at radius 3 is 1.54 bits per heavy atom. The van der Waals surface area contributed by atoms with Crippen LogP contribution < -0.4 is 4.90 Å². The van der Waals surface area contributed by atoms with Crippen LogP contribution in [0.1, 0.15) is 0 Å². The fourth-order valence-electron chi connectivity index (χ4n) is 6.76. The first-order valence-corrected chi connectivity index (χ1v) is 16.0. The van der Waals surface area contributed by atoms with E-state index < -0.39 is 0 Å². The maximum absolute atomic E-state index is 13.9. The Morgan fingerprint density at radius 2 is 0.917 bits per heavy atom. The third-order valence-electron chi connectivity index (χ3n) is 9.08. The molecule has 0 saturated carbocycles. The Bertz CT molecular complexity index is 2520. The van der Waals surface area contributed by atoms with Crippen molar-refractivity contribution in [1.82, 2.24) is 4.57 Å². The van der Waals surface area contributed by atoms with E-state index in [1.54, 1.807) is 0 Å². The van der Waals surface area contributed by atoms with Gasteiger partial charge in [-0.05, 0) is 107 Å². The predicted octanol–water partition coefficient (Wildman–Crippen LogP) is 12.5. The van der Waals surface area contributed by atoms with Crippen molar-refractivity contribution in [2.75, 3.05) is 4.90 Å². The lowest BCUT2D eigenvalue weighted by Gasteiger charge is -2.26. The van der Waals surface area contributed by atoms with Crippen molar-refractivity contribution in [1.29, 1.82) is 0 Å². The van der Waals surface area contributed by atoms with Gasteiger partial charge in [-0.25, -0.2) is 4.39 Å². The summed E-state index contributed by atoms with van der Waals surface area (Å²) < 4.78 is 22.6. The lowest BCUT2D eigenvalue weighted by atomic mass is 10.0. The molecule has 2 heterocycles. The average molecular weight is 621 g/mol. The second kappa shape index (κ2) is 11.4. The van der Waals surface area contributed by atoms with Crippen LogP contribution in [0.15, 0.2) is 180 Å². The number of anilines is 3. The largest absolute Gasteiger partial charge is 0.454 e. The zero-order chi connectivity index (χ0) is 32.0. The van der Waals surface area contributed by atoms with Crippen molar-refractivity contribution in [3.8, 4) is 27.9 Å². The molecule has 4 heteroatoms. The van der Waals surface area contributed by atoms with Crippen molar-refractivity contribution >= 4 is 50.0 Å². The van der Waals surface area contributed by atoms with E-state index >= 15 is 0 Å². The molecule has 0 aliphatic heterocycles. The van der Waals surface area contributed by atoms with Crippen molar-refractivity contribution in [2.45, 2.75) is 0 Å². The summed E-state index contributed by atoms with van der Waals surface area (Å²) in [7, 11) is 0. The van der Waals surface area contributed by atoms with E-state index in [-0.39, 0.29) is 5.82 Å². The van der Waals surface area contributed by atoms with E-state index in [1.165, 1.54) is 17.7 Å². The maximum Gasteiger partial charge on any atom is 0.161 e. The van der Waals surface area contributed by atoms with Crippen LogP contribution >= 0.6 is 0 Å². The van der Waals surface area contributed by atoms with E-state index in [4.69, 9.17) is 4.42 Å². The van der Waals surface area contributed by atoms with E-state index in [0.29, 0.717) is 0 Å². The van der Waals surface area contributed by atoms with E-state index in [0.717, 1.165) is 72.4 Å². The molecular weight excluding hydrogens is 591 g/mol. The molecule has 0 spiro atoms. The van der Waals surface area contributed by atoms with Crippen LogP contribution in [0.2, 0.25) is 0 Å². The Kier molecular flexibility index (Phi) is 6.65. The number of benzene rings is 7. The molecule has 0 fully saturated rings. The SMILES string of the molecule is Fc1ccc(N(c2ccc(-c3ccccc3)cc2)c2ccc(-c3ccc(-n4c5ccccc5c5oc6ccccc6c54)cc3)cc2)cc1. The molecular formula is C44H29FN2O.